The molecule has 0 radical (unpaired) electrons. The molecule has 4 heavy (non-hydrogen) atoms. The predicted molar refractivity (Wildman–Crippen MR) is 12.3 cm³/mol. The Morgan fingerprint density at radius 3 is 1.50 bits per heavy atom. The average molecular weight is 239 g/mol. The average Bonchev–Trinajstić information content (AvgIpc) is 1.00. The summed E-state index contributed by atoms with van der Waals surface area (Å²) in [7, 11) is 0. The van der Waals surface area contributed by atoms with Crippen LogP contribution in [0, 0.1) is 0 Å². The summed E-state index contributed by atoms with van der Waals surface area (Å²) in [6.45, 7) is 0. The fourth-order valence-electron chi connectivity index (χ4n) is 0. The van der Waals surface area contributed by atoms with E-state index in [-0.39, 0.29) is 75.5 Å². The van der Waals surface area contributed by atoms with Gasteiger partial charge in [-0.1, -0.05) is 0 Å². The normalized spacial score (nSPS) is 1.50. The molecule has 0 aliphatic carbocycles. The SMILES string of the molecule is O.[Ba+2].[H-].[H-].[O]=[Zn]. The number of rotatable bonds is 0. The van der Waals surface area contributed by atoms with Crippen LogP contribution in [0.1, 0.15) is 2.85 Å². The molecule has 0 aliphatic heterocycles. The van der Waals surface area contributed by atoms with Crippen molar-refractivity contribution in [1.29, 1.82) is 0 Å². The van der Waals surface area contributed by atoms with Gasteiger partial charge < -0.3 is 8.33 Å². The zero-order valence-corrected chi connectivity index (χ0v) is 9.73. The fraction of sp³-hybridized carbons (Fsp3) is 0. The van der Waals surface area contributed by atoms with Gasteiger partial charge in [0.1, 0.15) is 0 Å². The number of hydrogen-bond acceptors (Lipinski definition) is 1. The van der Waals surface area contributed by atoms with Crippen molar-refractivity contribution in [3.8, 4) is 0 Å². The van der Waals surface area contributed by atoms with E-state index in [1.165, 1.54) is 0 Å². The monoisotopic (exact) mass is 238 g/mol. The molecule has 0 unspecified atom stereocenters. The molecule has 0 bridgehead atoms. The fourth-order valence-corrected chi connectivity index (χ4v) is 0. The van der Waals surface area contributed by atoms with Crippen LogP contribution >= 0.6 is 0 Å². The van der Waals surface area contributed by atoms with Gasteiger partial charge in [0.2, 0.25) is 0 Å². The summed E-state index contributed by atoms with van der Waals surface area (Å²) in [5, 5.41) is 0. The maximum atomic E-state index is 8.38. The van der Waals surface area contributed by atoms with Gasteiger partial charge >= 0.3 is 70.7 Å². The molecule has 0 saturated carbocycles. The molecule has 20 valence electrons. The van der Waals surface area contributed by atoms with E-state index >= 15 is 0 Å². The minimum absolute atomic E-state index is 0. The Kier molecular flexibility index (Phi) is 84.9. The van der Waals surface area contributed by atoms with Crippen LogP contribution < -0.4 is 0 Å². The third kappa shape index (κ3) is 9.04. The summed E-state index contributed by atoms with van der Waals surface area (Å²) in [6, 6.07) is 0. The van der Waals surface area contributed by atoms with Crippen molar-refractivity contribution in [2.45, 2.75) is 0 Å². The van der Waals surface area contributed by atoms with Crippen LogP contribution in [0.3, 0.4) is 0 Å². The molecule has 2 N–H and O–H groups in total. The molecule has 0 aliphatic rings. The van der Waals surface area contributed by atoms with Crippen LogP contribution in [0.25, 0.3) is 0 Å². The molecule has 0 atom stereocenters. The minimum atomic E-state index is 0. The first-order valence-electron chi connectivity index (χ1n) is 0.289. The Balaban J connectivity index is -0.000000000833. The summed E-state index contributed by atoms with van der Waals surface area (Å²) in [6.07, 6.45) is 0. The molecule has 0 fully saturated rings. The van der Waals surface area contributed by atoms with E-state index in [0.717, 1.165) is 0 Å². The van der Waals surface area contributed by atoms with Crippen LogP contribution in [0.4, 0.5) is 0 Å². The van der Waals surface area contributed by atoms with E-state index in [1.807, 2.05) is 0 Å². The first kappa shape index (κ1) is 16.7. The summed E-state index contributed by atoms with van der Waals surface area (Å²) in [5.74, 6) is 0. The molecule has 4 heteroatoms. The van der Waals surface area contributed by atoms with Crippen LogP contribution in [0.5, 0.6) is 0 Å². The quantitative estimate of drug-likeness (QED) is 0.494. The van der Waals surface area contributed by atoms with Gasteiger partial charge in [-0.25, -0.2) is 0 Å². The molecule has 0 rings (SSSR count). The summed E-state index contributed by atoms with van der Waals surface area (Å²) < 4.78 is 8.38. The third-order valence-electron chi connectivity index (χ3n) is 0. The second-order valence-corrected chi connectivity index (χ2v) is 0. The maximum absolute atomic E-state index is 8.38. The zero-order valence-electron chi connectivity index (χ0n) is 4.32. The van der Waals surface area contributed by atoms with Crippen molar-refractivity contribution in [3.05, 3.63) is 0 Å². The van der Waals surface area contributed by atoms with Gasteiger partial charge in [0, 0.05) is 0 Å². The zero-order chi connectivity index (χ0) is 2.00. The summed E-state index contributed by atoms with van der Waals surface area (Å²) >= 11 is 0.125. The van der Waals surface area contributed by atoms with Crippen molar-refractivity contribution < 1.29 is 30.2 Å². The van der Waals surface area contributed by atoms with Crippen LogP contribution in [0.15, 0.2) is 0 Å². The Labute approximate surface area is 77.6 Å². The van der Waals surface area contributed by atoms with Crippen molar-refractivity contribution in [3.63, 3.8) is 0 Å². The van der Waals surface area contributed by atoms with Gasteiger partial charge in [-0.2, -0.15) is 0 Å². The first-order chi connectivity index (χ1) is 1.00. The van der Waals surface area contributed by atoms with E-state index in [0.29, 0.717) is 0 Å². The van der Waals surface area contributed by atoms with Gasteiger partial charge in [0.25, 0.3) is 0 Å². The molecule has 2 nitrogen and oxygen atoms in total. The molecule has 0 aromatic carbocycles. The van der Waals surface area contributed by atoms with Crippen molar-refractivity contribution in [1.82, 2.24) is 0 Å². The molecular formula is H4BaO2Zn. The second-order valence-electron chi connectivity index (χ2n) is 0. The van der Waals surface area contributed by atoms with E-state index in [4.69, 9.17) is 3.57 Å². The Bertz CT molecular complexity index is 11.5. The molecule has 0 amide bonds. The Morgan fingerprint density at radius 2 is 1.50 bits per heavy atom. The molecule has 0 saturated heterocycles. The standard InChI is InChI=1S/Ba.H2O.O.Zn.2H/h;1H2;;;;/q+2;;;;2*-1. The topological polar surface area (TPSA) is 48.6 Å². The first-order valence-corrected chi connectivity index (χ1v) is 1.50. The van der Waals surface area contributed by atoms with Crippen LogP contribution in [0.2, 0.25) is 0 Å². The predicted octanol–water partition coefficient (Wildman–Crippen LogP) is -1.10. The molecule has 0 aromatic heterocycles. The molecule has 0 aromatic rings. The van der Waals surface area contributed by atoms with Gasteiger partial charge in [0.15, 0.2) is 0 Å². The van der Waals surface area contributed by atoms with Gasteiger partial charge in [-0.3, -0.25) is 0 Å². The Morgan fingerprint density at radius 1 is 1.50 bits per heavy atom. The molecule has 0 heterocycles. The van der Waals surface area contributed by atoms with Gasteiger partial charge in [-0.05, 0) is 0 Å². The van der Waals surface area contributed by atoms with E-state index in [2.05, 4.69) is 0 Å². The van der Waals surface area contributed by atoms with Gasteiger partial charge in [0.05, 0.1) is 0 Å². The van der Waals surface area contributed by atoms with Crippen molar-refractivity contribution >= 4 is 48.9 Å². The number of hydrogen-bond donors (Lipinski definition) is 0. The Hall–Kier alpha value is 1.95. The van der Waals surface area contributed by atoms with Gasteiger partial charge in [-0.15, -0.1) is 0 Å². The van der Waals surface area contributed by atoms with E-state index < -0.39 is 0 Å². The second kappa shape index (κ2) is 20.3. The van der Waals surface area contributed by atoms with E-state index in [9.17, 15) is 0 Å². The summed E-state index contributed by atoms with van der Waals surface area (Å²) in [5.41, 5.74) is 0. The van der Waals surface area contributed by atoms with Crippen LogP contribution in [-0.2, 0) is 21.8 Å². The summed E-state index contributed by atoms with van der Waals surface area (Å²) in [4.78, 5) is 0. The van der Waals surface area contributed by atoms with Crippen LogP contribution in [-0.4, -0.2) is 54.4 Å². The van der Waals surface area contributed by atoms with E-state index in [1.54, 1.807) is 0 Å². The third-order valence-corrected chi connectivity index (χ3v) is 0. The van der Waals surface area contributed by atoms with Crippen molar-refractivity contribution in [2.24, 2.45) is 0 Å². The molecular weight excluding hydrogens is 235 g/mol. The van der Waals surface area contributed by atoms with Crippen molar-refractivity contribution in [2.75, 3.05) is 0 Å². The molecule has 0 spiro atoms.